The molecular weight excluding hydrogens is 262 g/mol. The highest BCUT2D eigenvalue weighted by Gasteiger charge is 2.24. The van der Waals surface area contributed by atoms with Gasteiger partial charge in [-0.2, -0.15) is 5.10 Å². The molecule has 1 aromatic rings. The zero-order valence-corrected chi connectivity index (χ0v) is 14.2. The zero-order chi connectivity index (χ0) is 16.2. The van der Waals surface area contributed by atoms with Gasteiger partial charge in [0.05, 0.1) is 11.3 Å². The lowest BCUT2D eigenvalue weighted by Crippen LogP contribution is -2.40. The molecule has 0 saturated heterocycles. The Balaban J connectivity index is 3.43. The summed E-state index contributed by atoms with van der Waals surface area (Å²) in [4.78, 5) is 2.28. The minimum absolute atomic E-state index is 0.0696. The first-order chi connectivity index (χ1) is 9.83. The van der Waals surface area contributed by atoms with E-state index in [1.54, 1.807) is 0 Å². The van der Waals surface area contributed by atoms with Crippen LogP contribution < -0.4 is 10.6 Å². The van der Waals surface area contributed by atoms with Crippen LogP contribution in [0, 0.1) is 25.2 Å². The van der Waals surface area contributed by atoms with Crippen LogP contribution in [0.5, 0.6) is 0 Å². The molecule has 0 aliphatic heterocycles. The Morgan fingerprint density at radius 1 is 1.19 bits per heavy atom. The highest BCUT2D eigenvalue weighted by molar-refractivity contribution is 6.01. The maximum absolute atomic E-state index is 7.93. The summed E-state index contributed by atoms with van der Waals surface area (Å²) >= 11 is 0. The lowest BCUT2D eigenvalue weighted by atomic mass is 10.0. The fourth-order valence-electron chi connectivity index (χ4n) is 2.65. The molecule has 0 aliphatic rings. The van der Waals surface area contributed by atoms with Crippen LogP contribution in [0.25, 0.3) is 0 Å². The molecule has 0 atom stereocenters. The van der Waals surface area contributed by atoms with Gasteiger partial charge in [-0.1, -0.05) is 27.7 Å². The number of aryl methyl sites for hydroxylation is 1. The fourth-order valence-corrected chi connectivity index (χ4v) is 2.65. The van der Waals surface area contributed by atoms with Gasteiger partial charge in [0.1, 0.15) is 5.84 Å². The highest BCUT2D eigenvalue weighted by Crippen LogP contribution is 2.26. The zero-order valence-electron chi connectivity index (χ0n) is 14.2. The molecule has 0 bridgehead atoms. The number of amidine groups is 1. The van der Waals surface area contributed by atoms with Gasteiger partial charge in [-0.25, -0.2) is 0 Å². The molecule has 5 nitrogen and oxygen atoms in total. The third-order valence-electron chi connectivity index (χ3n) is 3.92. The molecule has 0 fully saturated rings. The molecule has 1 heterocycles. The second-order valence-corrected chi connectivity index (χ2v) is 6.04. The van der Waals surface area contributed by atoms with Crippen molar-refractivity contribution in [3.63, 3.8) is 0 Å². The molecule has 0 aromatic carbocycles. The molecule has 118 valence electrons. The van der Waals surface area contributed by atoms with Crippen LogP contribution >= 0.6 is 0 Å². The van der Waals surface area contributed by atoms with Crippen molar-refractivity contribution in [1.82, 2.24) is 10.2 Å². The smallest absolute Gasteiger partial charge is 0.162 e. The van der Waals surface area contributed by atoms with Crippen LogP contribution in [0.15, 0.2) is 0 Å². The molecule has 0 aliphatic carbocycles. The van der Waals surface area contributed by atoms with Crippen molar-refractivity contribution in [2.75, 3.05) is 11.4 Å². The Morgan fingerprint density at radius 3 is 2.19 bits per heavy atom. The van der Waals surface area contributed by atoms with Crippen LogP contribution in [0.2, 0.25) is 0 Å². The van der Waals surface area contributed by atoms with Crippen LogP contribution in [0.3, 0.4) is 0 Å². The second kappa shape index (κ2) is 7.38. The summed E-state index contributed by atoms with van der Waals surface area (Å²) < 4.78 is 0. The fraction of sp³-hybridized carbons (Fsp3) is 0.688. The van der Waals surface area contributed by atoms with E-state index in [1.807, 2.05) is 13.8 Å². The topological polar surface area (TPSA) is 78.9 Å². The van der Waals surface area contributed by atoms with Crippen molar-refractivity contribution in [3.8, 4) is 0 Å². The maximum atomic E-state index is 7.93. The van der Waals surface area contributed by atoms with Crippen molar-refractivity contribution in [2.24, 2.45) is 11.7 Å². The number of aromatic nitrogens is 2. The number of nitrogens with zero attached hydrogens (tertiary/aromatic N) is 3. The summed E-state index contributed by atoms with van der Waals surface area (Å²) in [6, 6.07) is 0.391. The van der Waals surface area contributed by atoms with Gasteiger partial charge in [0.15, 0.2) is 5.82 Å². The summed E-state index contributed by atoms with van der Waals surface area (Å²) in [5.74, 6) is 1.34. The quantitative estimate of drug-likeness (QED) is 0.598. The lowest BCUT2D eigenvalue weighted by molar-refractivity contribution is 0.501. The summed E-state index contributed by atoms with van der Waals surface area (Å²) in [5, 5.41) is 16.6. The number of anilines is 1. The van der Waals surface area contributed by atoms with Gasteiger partial charge >= 0.3 is 0 Å². The Bertz CT molecular complexity index is 492. The number of nitrogens with two attached hydrogens (primary N) is 1. The Morgan fingerprint density at radius 2 is 1.76 bits per heavy atom. The lowest BCUT2D eigenvalue weighted by Gasteiger charge is -2.34. The van der Waals surface area contributed by atoms with Crippen molar-refractivity contribution >= 4 is 11.7 Å². The van der Waals surface area contributed by atoms with E-state index in [2.05, 4.69) is 42.8 Å². The van der Waals surface area contributed by atoms with E-state index in [0.717, 1.165) is 42.0 Å². The monoisotopic (exact) mass is 291 g/mol. The highest BCUT2D eigenvalue weighted by atomic mass is 15.3. The van der Waals surface area contributed by atoms with E-state index in [1.165, 1.54) is 0 Å². The number of hydrogen-bond acceptors (Lipinski definition) is 4. The third kappa shape index (κ3) is 3.93. The van der Waals surface area contributed by atoms with Crippen molar-refractivity contribution in [2.45, 2.75) is 60.4 Å². The second-order valence-electron chi connectivity index (χ2n) is 6.04. The van der Waals surface area contributed by atoms with E-state index >= 15 is 0 Å². The van der Waals surface area contributed by atoms with E-state index in [9.17, 15) is 0 Å². The van der Waals surface area contributed by atoms with Crippen LogP contribution in [0.4, 0.5) is 5.82 Å². The summed E-state index contributed by atoms with van der Waals surface area (Å²) in [7, 11) is 0. The average Bonchev–Trinajstić information content (AvgIpc) is 2.41. The van der Waals surface area contributed by atoms with E-state index < -0.39 is 0 Å². The average molecular weight is 291 g/mol. The first-order valence-corrected chi connectivity index (χ1v) is 7.78. The van der Waals surface area contributed by atoms with Crippen molar-refractivity contribution in [3.05, 3.63) is 16.8 Å². The van der Waals surface area contributed by atoms with E-state index in [0.29, 0.717) is 12.0 Å². The first kappa shape index (κ1) is 17.4. The van der Waals surface area contributed by atoms with Crippen LogP contribution in [0.1, 0.15) is 57.4 Å². The molecule has 1 aromatic heterocycles. The van der Waals surface area contributed by atoms with Gasteiger partial charge in [-0.3, -0.25) is 5.41 Å². The molecule has 0 amide bonds. The molecule has 3 N–H and O–H groups in total. The number of rotatable bonds is 7. The number of hydrogen-bond donors (Lipinski definition) is 2. The summed E-state index contributed by atoms with van der Waals surface area (Å²) in [5.41, 5.74) is 8.34. The predicted octanol–water partition coefficient (Wildman–Crippen LogP) is 3.03. The molecule has 0 saturated carbocycles. The molecule has 5 heteroatoms. The Hall–Kier alpha value is -1.65. The van der Waals surface area contributed by atoms with Crippen LogP contribution in [-0.2, 0) is 0 Å². The summed E-state index contributed by atoms with van der Waals surface area (Å²) in [6.45, 7) is 13.5. The standard InChI is InChI=1S/C16H29N5/c1-7-13(8-2)21(9-10(3)4)16-14(15(17)18)11(5)12(6)19-20-16/h10,13H,7-9H2,1-6H3,(H3,17,18). The molecule has 21 heavy (non-hydrogen) atoms. The molecule has 0 spiro atoms. The molecular formula is C16H29N5. The third-order valence-corrected chi connectivity index (χ3v) is 3.92. The Kier molecular flexibility index (Phi) is 6.12. The summed E-state index contributed by atoms with van der Waals surface area (Å²) in [6.07, 6.45) is 2.07. The largest absolute Gasteiger partial charge is 0.384 e. The van der Waals surface area contributed by atoms with Gasteiger partial charge in [-0.15, -0.1) is 5.10 Å². The van der Waals surface area contributed by atoms with E-state index in [4.69, 9.17) is 11.1 Å². The number of nitrogens with one attached hydrogen (secondary N) is 1. The van der Waals surface area contributed by atoms with Crippen molar-refractivity contribution < 1.29 is 0 Å². The minimum atomic E-state index is 0.0696. The van der Waals surface area contributed by atoms with E-state index in [-0.39, 0.29) is 5.84 Å². The van der Waals surface area contributed by atoms with Crippen LogP contribution in [-0.4, -0.2) is 28.6 Å². The van der Waals surface area contributed by atoms with Gasteiger partial charge < -0.3 is 10.6 Å². The predicted molar refractivity (Wildman–Crippen MR) is 89.1 cm³/mol. The molecule has 0 unspecified atom stereocenters. The van der Waals surface area contributed by atoms with Gasteiger partial charge in [0.2, 0.25) is 0 Å². The minimum Gasteiger partial charge on any atom is -0.384 e. The van der Waals surface area contributed by atoms with Gasteiger partial charge in [0, 0.05) is 12.6 Å². The molecule has 0 radical (unpaired) electrons. The Labute approximate surface area is 128 Å². The maximum Gasteiger partial charge on any atom is 0.162 e. The molecule has 1 rings (SSSR count). The SMILES string of the molecule is CCC(CC)N(CC(C)C)c1nnc(C)c(C)c1C(=N)N. The van der Waals surface area contributed by atoms with Gasteiger partial charge in [-0.05, 0) is 38.2 Å². The number of nitrogen functional groups attached to an aromatic ring is 1. The van der Waals surface area contributed by atoms with Crippen molar-refractivity contribution in [1.29, 1.82) is 5.41 Å². The first-order valence-electron chi connectivity index (χ1n) is 7.78. The normalized spacial score (nSPS) is 11.2. The van der Waals surface area contributed by atoms with Gasteiger partial charge in [0.25, 0.3) is 0 Å².